The predicted molar refractivity (Wildman–Crippen MR) is 68.6 cm³/mol. The van der Waals surface area contributed by atoms with Gasteiger partial charge in [-0.15, -0.1) is 0 Å². The smallest absolute Gasteiger partial charge is 0.123 e. The number of hydrogen-bond donors (Lipinski definition) is 1. The van der Waals surface area contributed by atoms with Gasteiger partial charge in [-0.3, -0.25) is 4.90 Å². The van der Waals surface area contributed by atoms with Gasteiger partial charge in [0.05, 0.1) is 11.7 Å². The average Bonchev–Trinajstić information content (AvgIpc) is 2.18. The molecule has 1 aliphatic heterocycles. The molecule has 1 saturated heterocycles. The van der Waals surface area contributed by atoms with Crippen molar-refractivity contribution in [2.24, 2.45) is 0 Å². The maximum atomic E-state index is 5.88. The first kappa shape index (κ1) is 12.3. The molecule has 0 aliphatic carbocycles. The van der Waals surface area contributed by atoms with E-state index in [0.29, 0.717) is 5.82 Å². The van der Waals surface area contributed by atoms with Gasteiger partial charge >= 0.3 is 0 Å². The van der Waals surface area contributed by atoms with Crippen LogP contribution in [-0.2, 0) is 11.3 Å². The van der Waals surface area contributed by atoms with E-state index in [1.54, 1.807) is 0 Å². The maximum absolute atomic E-state index is 5.88. The van der Waals surface area contributed by atoms with Crippen LogP contribution in [0.15, 0.2) is 18.3 Å². The third kappa shape index (κ3) is 3.41. The zero-order valence-electron chi connectivity index (χ0n) is 10.8. The Bertz CT molecular complexity index is 375. The zero-order chi connectivity index (χ0) is 12.5. The Morgan fingerprint density at radius 2 is 2.29 bits per heavy atom. The van der Waals surface area contributed by atoms with E-state index in [1.165, 1.54) is 5.56 Å². The highest BCUT2D eigenvalue weighted by atomic mass is 16.5. The average molecular weight is 235 g/mol. The van der Waals surface area contributed by atoms with Crippen LogP contribution in [0.3, 0.4) is 0 Å². The fourth-order valence-corrected chi connectivity index (χ4v) is 2.49. The number of aromatic nitrogens is 1. The van der Waals surface area contributed by atoms with Crippen LogP contribution in [0.1, 0.15) is 26.3 Å². The van der Waals surface area contributed by atoms with Gasteiger partial charge in [0.25, 0.3) is 0 Å². The van der Waals surface area contributed by atoms with Gasteiger partial charge < -0.3 is 10.5 Å². The number of nitrogen functional groups attached to an aromatic ring is 1. The van der Waals surface area contributed by atoms with Gasteiger partial charge in [-0.2, -0.15) is 0 Å². The first-order valence-electron chi connectivity index (χ1n) is 6.05. The van der Waals surface area contributed by atoms with Crippen LogP contribution in [0.2, 0.25) is 0 Å². The van der Waals surface area contributed by atoms with Crippen molar-refractivity contribution in [2.45, 2.75) is 39.0 Å². The lowest BCUT2D eigenvalue weighted by atomic mass is 10.0. The lowest BCUT2D eigenvalue weighted by Crippen LogP contribution is -2.51. The SMILES string of the molecule is CC1CN(Cc2ccc(N)nc2)CC(C)(C)O1. The first-order chi connectivity index (χ1) is 7.94. The Hall–Kier alpha value is -1.13. The van der Waals surface area contributed by atoms with Gasteiger partial charge in [-0.25, -0.2) is 4.98 Å². The van der Waals surface area contributed by atoms with E-state index >= 15 is 0 Å². The summed E-state index contributed by atoms with van der Waals surface area (Å²) in [4.78, 5) is 6.52. The van der Waals surface area contributed by atoms with E-state index in [9.17, 15) is 0 Å². The molecule has 2 heterocycles. The van der Waals surface area contributed by atoms with E-state index in [1.807, 2.05) is 18.3 Å². The van der Waals surface area contributed by atoms with E-state index in [-0.39, 0.29) is 11.7 Å². The molecular weight excluding hydrogens is 214 g/mol. The molecule has 0 amide bonds. The molecule has 0 spiro atoms. The number of rotatable bonds is 2. The number of morpholine rings is 1. The lowest BCUT2D eigenvalue weighted by Gasteiger charge is -2.41. The molecule has 1 aromatic heterocycles. The summed E-state index contributed by atoms with van der Waals surface area (Å²) in [5, 5.41) is 0. The van der Waals surface area contributed by atoms with Gasteiger partial charge in [0, 0.05) is 25.8 Å². The molecule has 4 nitrogen and oxygen atoms in total. The molecule has 0 radical (unpaired) electrons. The lowest BCUT2D eigenvalue weighted by molar-refractivity contribution is -0.130. The molecule has 0 aromatic carbocycles. The first-order valence-corrected chi connectivity index (χ1v) is 6.05. The van der Waals surface area contributed by atoms with E-state index in [4.69, 9.17) is 10.5 Å². The number of anilines is 1. The van der Waals surface area contributed by atoms with Crippen molar-refractivity contribution in [3.63, 3.8) is 0 Å². The predicted octanol–water partition coefficient (Wildman–Crippen LogP) is 1.66. The van der Waals surface area contributed by atoms with E-state index < -0.39 is 0 Å². The Kier molecular flexibility index (Phi) is 3.35. The van der Waals surface area contributed by atoms with Crippen molar-refractivity contribution in [1.82, 2.24) is 9.88 Å². The normalized spacial score (nSPS) is 24.8. The summed E-state index contributed by atoms with van der Waals surface area (Å²) in [6.07, 6.45) is 2.13. The van der Waals surface area contributed by atoms with Crippen molar-refractivity contribution in [3.05, 3.63) is 23.9 Å². The minimum absolute atomic E-state index is 0.0705. The number of nitrogens with two attached hydrogens (primary N) is 1. The number of nitrogens with zero attached hydrogens (tertiary/aromatic N) is 2. The summed E-state index contributed by atoms with van der Waals surface area (Å²) in [5.74, 6) is 0.574. The quantitative estimate of drug-likeness (QED) is 0.847. The second kappa shape index (κ2) is 4.63. The van der Waals surface area contributed by atoms with Gasteiger partial charge in [0.1, 0.15) is 5.82 Å². The van der Waals surface area contributed by atoms with Crippen LogP contribution >= 0.6 is 0 Å². The molecule has 1 unspecified atom stereocenters. The molecule has 1 aromatic rings. The molecule has 94 valence electrons. The molecule has 1 atom stereocenters. The van der Waals surface area contributed by atoms with Gasteiger partial charge in [0.2, 0.25) is 0 Å². The topological polar surface area (TPSA) is 51.4 Å². The second-order valence-corrected chi connectivity index (χ2v) is 5.45. The molecule has 0 bridgehead atoms. The minimum Gasteiger partial charge on any atom is -0.384 e. The largest absolute Gasteiger partial charge is 0.384 e. The summed E-state index contributed by atoms with van der Waals surface area (Å²) in [7, 11) is 0. The third-order valence-corrected chi connectivity index (χ3v) is 2.89. The molecule has 17 heavy (non-hydrogen) atoms. The van der Waals surface area contributed by atoms with Gasteiger partial charge in [-0.1, -0.05) is 6.07 Å². The fraction of sp³-hybridized carbons (Fsp3) is 0.615. The minimum atomic E-state index is -0.0705. The highest BCUT2D eigenvalue weighted by molar-refractivity contribution is 5.29. The summed E-state index contributed by atoms with van der Waals surface area (Å²) < 4.78 is 5.88. The maximum Gasteiger partial charge on any atom is 0.123 e. The van der Waals surface area contributed by atoms with Gasteiger partial charge in [0.15, 0.2) is 0 Å². The van der Waals surface area contributed by atoms with Crippen molar-refractivity contribution in [2.75, 3.05) is 18.8 Å². The summed E-state index contributed by atoms with van der Waals surface area (Å²) in [6.45, 7) is 9.21. The number of hydrogen-bond acceptors (Lipinski definition) is 4. The van der Waals surface area contributed by atoms with E-state index in [2.05, 4.69) is 30.7 Å². The van der Waals surface area contributed by atoms with E-state index in [0.717, 1.165) is 19.6 Å². The Balaban J connectivity index is 2.01. The summed E-state index contributed by atoms with van der Waals surface area (Å²) in [5.41, 5.74) is 6.71. The molecule has 2 N–H and O–H groups in total. The highest BCUT2D eigenvalue weighted by Gasteiger charge is 2.30. The number of ether oxygens (including phenoxy) is 1. The third-order valence-electron chi connectivity index (χ3n) is 2.89. The zero-order valence-corrected chi connectivity index (χ0v) is 10.8. The molecule has 1 aliphatic rings. The molecule has 1 fully saturated rings. The highest BCUT2D eigenvalue weighted by Crippen LogP contribution is 2.22. The van der Waals surface area contributed by atoms with Crippen molar-refractivity contribution < 1.29 is 4.74 Å². The van der Waals surface area contributed by atoms with Crippen LogP contribution in [0.5, 0.6) is 0 Å². The van der Waals surface area contributed by atoms with Crippen LogP contribution in [0.4, 0.5) is 5.82 Å². The van der Waals surface area contributed by atoms with Gasteiger partial charge in [-0.05, 0) is 32.4 Å². The van der Waals surface area contributed by atoms with Crippen molar-refractivity contribution in [1.29, 1.82) is 0 Å². The van der Waals surface area contributed by atoms with Crippen molar-refractivity contribution >= 4 is 5.82 Å². The van der Waals surface area contributed by atoms with Crippen LogP contribution < -0.4 is 5.73 Å². The monoisotopic (exact) mass is 235 g/mol. The standard InChI is InChI=1S/C13H21N3O/c1-10-7-16(9-13(2,3)17-10)8-11-4-5-12(14)15-6-11/h4-6,10H,7-9H2,1-3H3,(H2,14,15). The molecular formula is C13H21N3O. The van der Waals surface area contributed by atoms with Crippen LogP contribution in [-0.4, -0.2) is 34.7 Å². The molecule has 0 saturated carbocycles. The molecule has 2 rings (SSSR count). The second-order valence-electron chi connectivity index (χ2n) is 5.45. The Morgan fingerprint density at radius 3 is 2.88 bits per heavy atom. The van der Waals surface area contributed by atoms with Crippen LogP contribution in [0.25, 0.3) is 0 Å². The fourth-order valence-electron chi connectivity index (χ4n) is 2.49. The summed E-state index contributed by atoms with van der Waals surface area (Å²) >= 11 is 0. The Morgan fingerprint density at radius 1 is 1.53 bits per heavy atom. The summed E-state index contributed by atoms with van der Waals surface area (Å²) in [6, 6.07) is 3.89. The van der Waals surface area contributed by atoms with Crippen LogP contribution in [0, 0.1) is 0 Å². The van der Waals surface area contributed by atoms with Crippen molar-refractivity contribution in [3.8, 4) is 0 Å². The Labute approximate surface area is 103 Å². The number of pyridine rings is 1. The molecule has 4 heteroatoms.